The van der Waals surface area contributed by atoms with Crippen LogP contribution in [0.5, 0.6) is 0 Å². The number of carbonyl (C=O) groups excluding carboxylic acids is 1. The molecule has 0 spiro atoms. The average molecular weight is 335 g/mol. The van der Waals surface area contributed by atoms with E-state index >= 15 is 0 Å². The number of aromatic amines is 1. The van der Waals surface area contributed by atoms with E-state index in [0.717, 1.165) is 34.9 Å². The highest BCUT2D eigenvalue weighted by Crippen LogP contribution is 2.50. The van der Waals surface area contributed by atoms with E-state index in [-0.39, 0.29) is 11.4 Å². The van der Waals surface area contributed by atoms with Crippen molar-refractivity contribution in [2.45, 2.75) is 18.4 Å². The Labute approximate surface area is 124 Å². The van der Waals surface area contributed by atoms with Crippen LogP contribution in [0, 0.1) is 5.92 Å². The molecule has 1 aliphatic carbocycles. The Hall–Kier alpha value is -1.40. The summed E-state index contributed by atoms with van der Waals surface area (Å²) in [5, 5.41) is 0. The second-order valence-electron chi connectivity index (χ2n) is 5.87. The van der Waals surface area contributed by atoms with Gasteiger partial charge in [0.05, 0.1) is 22.9 Å². The van der Waals surface area contributed by atoms with Crippen molar-refractivity contribution < 1.29 is 4.79 Å². The summed E-state index contributed by atoms with van der Waals surface area (Å²) in [5.41, 5.74) is 8.06. The van der Waals surface area contributed by atoms with Crippen LogP contribution in [0.1, 0.15) is 23.2 Å². The maximum atomic E-state index is 12.9. The van der Waals surface area contributed by atoms with Gasteiger partial charge in [0.2, 0.25) is 0 Å². The lowest BCUT2D eigenvalue weighted by Gasteiger charge is -2.41. The molecule has 0 unspecified atom stereocenters. The molecule has 20 heavy (non-hydrogen) atoms. The summed E-state index contributed by atoms with van der Waals surface area (Å²) >= 11 is 3.46. The van der Waals surface area contributed by atoms with Gasteiger partial charge < -0.3 is 15.6 Å². The largest absolute Gasteiger partial charge is 0.345 e. The topological polar surface area (TPSA) is 75.0 Å². The van der Waals surface area contributed by atoms with Gasteiger partial charge >= 0.3 is 0 Å². The van der Waals surface area contributed by atoms with Crippen LogP contribution in [-0.2, 0) is 0 Å². The van der Waals surface area contributed by atoms with E-state index in [4.69, 9.17) is 5.73 Å². The van der Waals surface area contributed by atoms with Crippen molar-refractivity contribution in [2.24, 2.45) is 11.7 Å². The van der Waals surface area contributed by atoms with Crippen molar-refractivity contribution in [1.29, 1.82) is 0 Å². The number of carbonyl (C=O) groups is 1. The molecule has 5 rings (SSSR count). The molecule has 2 aliphatic heterocycles. The molecule has 0 radical (unpaired) electrons. The van der Waals surface area contributed by atoms with Crippen LogP contribution >= 0.6 is 15.9 Å². The van der Waals surface area contributed by atoms with Crippen LogP contribution in [-0.4, -0.2) is 39.4 Å². The highest BCUT2D eigenvalue weighted by atomic mass is 79.9. The van der Waals surface area contributed by atoms with Crippen molar-refractivity contribution >= 4 is 32.9 Å². The van der Waals surface area contributed by atoms with E-state index in [1.807, 2.05) is 17.0 Å². The van der Waals surface area contributed by atoms with E-state index in [0.29, 0.717) is 18.0 Å². The Kier molecular flexibility index (Phi) is 2.50. The molecule has 3 fully saturated rings. The number of rotatable bonds is 2. The fraction of sp³-hybridized carbons (Fsp3) is 0.429. The second-order valence-corrected chi connectivity index (χ2v) is 6.79. The Morgan fingerprint density at radius 3 is 3.10 bits per heavy atom. The number of benzene rings is 1. The van der Waals surface area contributed by atoms with Crippen LogP contribution in [0.2, 0.25) is 0 Å². The second kappa shape index (κ2) is 4.05. The first-order valence-electron chi connectivity index (χ1n) is 6.78. The van der Waals surface area contributed by atoms with Crippen molar-refractivity contribution in [2.75, 3.05) is 13.1 Å². The predicted molar refractivity (Wildman–Crippen MR) is 79.3 cm³/mol. The minimum atomic E-state index is -0.104. The van der Waals surface area contributed by atoms with Crippen molar-refractivity contribution in [3.05, 3.63) is 28.5 Å². The smallest absolute Gasteiger partial charge is 0.256 e. The van der Waals surface area contributed by atoms with E-state index in [1.54, 1.807) is 6.33 Å². The maximum Gasteiger partial charge on any atom is 0.256 e. The van der Waals surface area contributed by atoms with Crippen LogP contribution in [0.15, 0.2) is 22.9 Å². The standard InChI is InChI=1S/C14H15BrN4O/c15-9-1-10(12-11(2-9)17-7-18-12)13(20)19-5-8-3-14(19,4-8)6-16/h1-2,7-8H,3-6,16H2,(H,17,18). The number of nitrogens with zero attached hydrogens (tertiary/aromatic N) is 2. The molecule has 1 amide bonds. The zero-order valence-electron chi connectivity index (χ0n) is 10.9. The van der Waals surface area contributed by atoms with Gasteiger partial charge in [0, 0.05) is 17.6 Å². The highest BCUT2D eigenvalue weighted by molar-refractivity contribution is 9.10. The maximum absolute atomic E-state index is 12.9. The van der Waals surface area contributed by atoms with Gasteiger partial charge in [-0.1, -0.05) is 15.9 Å². The third-order valence-corrected chi connectivity index (χ3v) is 5.15. The van der Waals surface area contributed by atoms with E-state index in [2.05, 4.69) is 25.9 Å². The molecular weight excluding hydrogens is 320 g/mol. The summed E-state index contributed by atoms with van der Waals surface area (Å²) in [6.45, 7) is 1.38. The summed E-state index contributed by atoms with van der Waals surface area (Å²) in [5.74, 6) is 0.679. The summed E-state index contributed by atoms with van der Waals surface area (Å²) in [4.78, 5) is 22.2. The molecule has 5 nitrogen and oxygen atoms in total. The molecule has 2 aromatic rings. The summed E-state index contributed by atoms with van der Waals surface area (Å²) in [6, 6.07) is 3.78. The van der Waals surface area contributed by atoms with E-state index in [9.17, 15) is 4.79 Å². The Morgan fingerprint density at radius 2 is 2.35 bits per heavy atom. The summed E-state index contributed by atoms with van der Waals surface area (Å²) < 4.78 is 0.881. The number of nitrogens with one attached hydrogen (secondary N) is 1. The molecular formula is C14H15BrN4O. The van der Waals surface area contributed by atoms with Gasteiger partial charge in [-0.2, -0.15) is 0 Å². The molecule has 3 aliphatic rings. The number of fused-ring (bicyclic) bond motifs is 2. The Bertz CT molecular complexity index is 704. The lowest BCUT2D eigenvalue weighted by atomic mass is 9.73. The lowest BCUT2D eigenvalue weighted by molar-refractivity contribution is 0.0587. The van der Waals surface area contributed by atoms with Crippen LogP contribution in [0.25, 0.3) is 11.0 Å². The minimum absolute atomic E-state index is 0.0499. The van der Waals surface area contributed by atoms with E-state index in [1.165, 1.54) is 0 Å². The third kappa shape index (κ3) is 1.52. The number of hydrogen-bond acceptors (Lipinski definition) is 3. The third-order valence-electron chi connectivity index (χ3n) is 4.69. The van der Waals surface area contributed by atoms with Gasteiger partial charge in [-0.15, -0.1) is 0 Å². The van der Waals surface area contributed by atoms with E-state index < -0.39 is 0 Å². The predicted octanol–water partition coefficient (Wildman–Crippen LogP) is 1.89. The van der Waals surface area contributed by atoms with Gasteiger partial charge in [0.25, 0.3) is 5.91 Å². The fourth-order valence-corrected chi connectivity index (χ4v) is 4.17. The number of aromatic nitrogens is 2. The molecule has 0 atom stereocenters. The highest BCUT2D eigenvalue weighted by Gasteiger charge is 2.57. The minimum Gasteiger partial charge on any atom is -0.345 e. The Morgan fingerprint density at radius 1 is 1.55 bits per heavy atom. The first-order chi connectivity index (χ1) is 9.63. The van der Waals surface area contributed by atoms with Crippen LogP contribution in [0.3, 0.4) is 0 Å². The lowest BCUT2D eigenvalue weighted by Crippen LogP contribution is -2.53. The van der Waals surface area contributed by atoms with Gasteiger partial charge in [0.15, 0.2) is 0 Å². The molecule has 1 aromatic carbocycles. The SMILES string of the molecule is NCC12CC(CN1C(=O)c1cc(Br)cc3[nH]cnc13)C2. The number of halogens is 1. The number of hydrogen-bond donors (Lipinski definition) is 2. The molecule has 2 saturated heterocycles. The number of imidazole rings is 1. The fourth-order valence-electron chi connectivity index (χ4n) is 3.71. The number of nitrogens with two attached hydrogens (primary N) is 1. The van der Waals surface area contributed by atoms with Crippen molar-refractivity contribution in [3.8, 4) is 0 Å². The monoisotopic (exact) mass is 334 g/mol. The number of H-pyrrole nitrogens is 1. The first-order valence-corrected chi connectivity index (χ1v) is 7.57. The quantitative estimate of drug-likeness (QED) is 0.880. The van der Waals surface area contributed by atoms with Crippen molar-refractivity contribution in [3.63, 3.8) is 0 Å². The Balaban J connectivity index is 1.79. The summed E-state index contributed by atoms with van der Waals surface area (Å²) in [7, 11) is 0. The summed E-state index contributed by atoms with van der Waals surface area (Å²) in [6.07, 6.45) is 3.72. The first kappa shape index (κ1) is 12.3. The zero-order chi connectivity index (χ0) is 13.9. The molecule has 1 aromatic heterocycles. The van der Waals surface area contributed by atoms with Gasteiger partial charge in [0.1, 0.15) is 5.52 Å². The van der Waals surface area contributed by atoms with Gasteiger partial charge in [-0.3, -0.25) is 4.79 Å². The average Bonchev–Trinajstić information content (AvgIpc) is 3.07. The molecule has 104 valence electrons. The molecule has 1 saturated carbocycles. The zero-order valence-corrected chi connectivity index (χ0v) is 12.5. The molecule has 3 N–H and O–H groups in total. The normalized spacial score (nSPS) is 27.9. The molecule has 6 heteroatoms. The molecule has 3 heterocycles. The van der Waals surface area contributed by atoms with Crippen LogP contribution < -0.4 is 5.73 Å². The van der Waals surface area contributed by atoms with Gasteiger partial charge in [-0.05, 0) is 30.9 Å². The van der Waals surface area contributed by atoms with Crippen molar-refractivity contribution in [1.82, 2.24) is 14.9 Å². The van der Waals surface area contributed by atoms with Crippen LogP contribution in [0.4, 0.5) is 0 Å². The van der Waals surface area contributed by atoms with Gasteiger partial charge in [-0.25, -0.2) is 4.98 Å². The molecule has 2 bridgehead atoms. The number of amides is 1.